The van der Waals surface area contributed by atoms with Crippen molar-refractivity contribution in [2.75, 3.05) is 0 Å². The third-order valence-electron chi connectivity index (χ3n) is 2.38. The molecule has 2 nitrogen and oxygen atoms in total. The van der Waals surface area contributed by atoms with Crippen LogP contribution in [0.3, 0.4) is 0 Å². The van der Waals surface area contributed by atoms with Gasteiger partial charge in [-0.15, -0.1) is 5.56 Å². The van der Waals surface area contributed by atoms with Gasteiger partial charge in [-0.1, -0.05) is 24.3 Å². The summed E-state index contributed by atoms with van der Waals surface area (Å²) in [6.07, 6.45) is 2.71. The van der Waals surface area contributed by atoms with Crippen LogP contribution in [0.1, 0.15) is 5.56 Å². The van der Waals surface area contributed by atoms with Crippen LogP contribution >= 0.6 is 0 Å². The second kappa shape index (κ2) is 7.25. The van der Waals surface area contributed by atoms with Crippen LogP contribution in [0.2, 0.25) is 0 Å². The van der Waals surface area contributed by atoms with Crippen LogP contribution in [0.25, 0.3) is 17.2 Å². The minimum atomic E-state index is -0.937. The molecule has 2 rings (SSSR count). The minimum absolute atomic E-state index is 0. The van der Waals surface area contributed by atoms with Gasteiger partial charge in [-0.3, -0.25) is 0 Å². The first kappa shape index (κ1) is 14.8. The summed E-state index contributed by atoms with van der Waals surface area (Å²) in [7, 11) is 0. The van der Waals surface area contributed by atoms with Crippen LogP contribution < -0.4 is 0 Å². The molecule has 2 aromatic rings. The maximum atomic E-state index is 10.4. The van der Waals surface area contributed by atoms with Gasteiger partial charge in [0.15, 0.2) is 0 Å². The summed E-state index contributed by atoms with van der Waals surface area (Å²) < 4.78 is 0. The fourth-order valence-corrected chi connectivity index (χ4v) is 1.53. The predicted octanol–water partition coefficient (Wildman–Crippen LogP) is 3.25. The zero-order chi connectivity index (χ0) is 12.1. The smallest absolute Gasteiger partial charge is 0.478 e. The Kier molecular flexibility index (Phi) is 5.96. The van der Waals surface area contributed by atoms with Crippen molar-refractivity contribution in [2.45, 2.75) is 0 Å². The van der Waals surface area contributed by atoms with E-state index in [4.69, 9.17) is 5.11 Å². The van der Waals surface area contributed by atoms with E-state index in [2.05, 4.69) is 6.07 Å². The molecule has 0 heterocycles. The summed E-state index contributed by atoms with van der Waals surface area (Å²) in [4.78, 5) is 10.4. The maximum Gasteiger partial charge on any atom is 3.00 e. The van der Waals surface area contributed by atoms with E-state index in [0.29, 0.717) is 0 Å². The normalized spacial score (nSPS) is 10.0. The van der Waals surface area contributed by atoms with Gasteiger partial charge in [0.2, 0.25) is 0 Å². The van der Waals surface area contributed by atoms with E-state index in [1.807, 2.05) is 48.5 Å². The van der Waals surface area contributed by atoms with Crippen LogP contribution in [0, 0.1) is 6.07 Å². The molecule has 0 amide bonds. The molecular formula is C15H11O2Y+2. The summed E-state index contributed by atoms with van der Waals surface area (Å²) in [5.41, 5.74) is 3.10. The molecule has 0 spiro atoms. The van der Waals surface area contributed by atoms with Crippen LogP contribution in [0.4, 0.5) is 0 Å². The van der Waals surface area contributed by atoms with Crippen molar-refractivity contribution in [3.63, 3.8) is 0 Å². The van der Waals surface area contributed by atoms with Gasteiger partial charge in [0, 0.05) is 6.08 Å². The number of hydrogen-bond acceptors (Lipinski definition) is 1. The molecule has 0 bridgehead atoms. The largest absolute Gasteiger partial charge is 3.00 e. The van der Waals surface area contributed by atoms with E-state index in [1.54, 1.807) is 6.08 Å². The Hall–Kier alpha value is -1.25. The van der Waals surface area contributed by atoms with Crippen LogP contribution in [0.15, 0.2) is 54.6 Å². The number of hydrogen-bond donors (Lipinski definition) is 1. The molecule has 0 fully saturated rings. The first-order chi connectivity index (χ1) is 8.25. The van der Waals surface area contributed by atoms with Gasteiger partial charge in [-0.25, -0.2) is 4.79 Å². The third kappa shape index (κ3) is 4.21. The fraction of sp³-hybridized carbons (Fsp3) is 0. The van der Waals surface area contributed by atoms with Crippen molar-refractivity contribution in [3.05, 3.63) is 66.2 Å². The topological polar surface area (TPSA) is 37.3 Å². The van der Waals surface area contributed by atoms with Gasteiger partial charge < -0.3 is 5.11 Å². The SMILES string of the molecule is O=C(O)/C=C/c1ccc(-c2cc[c-]cc2)cc1.[Y+3]. The monoisotopic (exact) mass is 312 g/mol. The van der Waals surface area contributed by atoms with Gasteiger partial charge >= 0.3 is 38.7 Å². The Bertz CT molecular complexity index is 530. The summed E-state index contributed by atoms with van der Waals surface area (Å²) in [6.45, 7) is 0. The maximum absolute atomic E-state index is 10.4. The molecule has 0 radical (unpaired) electrons. The molecule has 3 heteroatoms. The van der Waals surface area contributed by atoms with Crippen molar-refractivity contribution in [1.82, 2.24) is 0 Å². The average molecular weight is 312 g/mol. The number of benzene rings is 2. The molecule has 0 aliphatic rings. The van der Waals surface area contributed by atoms with Gasteiger partial charge in [0.05, 0.1) is 0 Å². The minimum Gasteiger partial charge on any atom is -0.478 e. The molecule has 0 saturated heterocycles. The second-order valence-electron chi connectivity index (χ2n) is 3.58. The Balaban J connectivity index is 0.00000162. The molecule has 0 aliphatic heterocycles. The Labute approximate surface area is 131 Å². The Morgan fingerprint density at radius 1 is 1.00 bits per heavy atom. The van der Waals surface area contributed by atoms with E-state index >= 15 is 0 Å². The van der Waals surface area contributed by atoms with Gasteiger partial charge in [0.1, 0.15) is 0 Å². The number of carboxylic acids is 1. The average Bonchev–Trinajstić information content (AvgIpc) is 2.38. The number of aliphatic carboxylic acids is 1. The summed E-state index contributed by atoms with van der Waals surface area (Å²) in [6, 6.07) is 18.4. The second-order valence-corrected chi connectivity index (χ2v) is 3.58. The van der Waals surface area contributed by atoms with E-state index in [0.717, 1.165) is 22.8 Å². The fourth-order valence-electron chi connectivity index (χ4n) is 1.53. The zero-order valence-electron chi connectivity index (χ0n) is 9.71. The Morgan fingerprint density at radius 3 is 2.11 bits per heavy atom. The first-order valence-corrected chi connectivity index (χ1v) is 5.23. The molecule has 1 N–H and O–H groups in total. The van der Waals surface area contributed by atoms with Crippen molar-refractivity contribution < 1.29 is 42.6 Å². The van der Waals surface area contributed by atoms with Gasteiger partial charge in [-0.2, -0.15) is 30.3 Å². The summed E-state index contributed by atoms with van der Waals surface area (Å²) in [5.74, 6) is -0.937. The van der Waals surface area contributed by atoms with E-state index < -0.39 is 5.97 Å². The molecule has 0 aliphatic carbocycles. The molecule has 84 valence electrons. The number of carboxylic acid groups (broad SMARTS) is 1. The van der Waals surface area contributed by atoms with Crippen LogP contribution in [-0.2, 0) is 37.5 Å². The van der Waals surface area contributed by atoms with E-state index in [9.17, 15) is 4.79 Å². The van der Waals surface area contributed by atoms with E-state index in [1.165, 1.54) is 0 Å². The van der Waals surface area contributed by atoms with Gasteiger partial charge in [-0.05, 0) is 17.2 Å². The van der Waals surface area contributed by atoms with Crippen molar-refractivity contribution in [1.29, 1.82) is 0 Å². The molecule has 0 unspecified atom stereocenters. The van der Waals surface area contributed by atoms with E-state index in [-0.39, 0.29) is 32.7 Å². The molecule has 0 atom stereocenters. The first-order valence-electron chi connectivity index (χ1n) is 5.23. The standard InChI is InChI=1S/C15H11O2.Y/c16-15(17)11-8-12-6-9-14(10-7-12)13-4-2-1-3-5-13;/h2-11H,(H,16,17);/q-1;+3/b11-8+;. The van der Waals surface area contributed by atoms with Crippen molar-refractivity contribution in [3.8, 4) is 11.1 Å². The molecule has 18 heavy (non-hydrogen) atoms. The molecular weight excluding hydrogens is 301 g/mol. The third-order valence-corrected chi connectivity index (χ3v) is 2.38. The van der Waals surface area contributed by atoms with Gasteiger partial charge in [0.25, 0.3) is 0 Å². The number of rotatable bonds is 3. The van der Waals surface area contributed by atoms with Crippen LogP contribution in [-0.4, -0.2) is 11.1 Å². The molecule has 2 aromatic carbocycles. The zero-order valence-corrected chi connectivity index (χ0v) is 12.5. The molecule has 0 saturated carbocycles. The van der Waals surface area contributed by atoms with Crippen molar-refractivity contribution >= 4 is 12.0 Å². The predicted molar refractivity (Wildman–Crippen MR) is 67.4 cm³/mol. The number of carbonyl (C=O) groups is 1. The summed E-state index contributed by atoms with van der Waals surface area (Å²) in [5, 5.41) is 8.52. The van der Waals surface area contributed by atoms with Crippen molar-refractivity contribution in [2.24, 2.45) is 0 Å². The summed E-state index contributed by atoms with van der Waals surface area (Å²) >= 11 is 0. The quantitative estimate of drug-likeness (QED) is 0.698. The van der Waals surface area contributed by atoms with Crippen LogP contribution in [0.5, 0.6) is 0 Å². The molecule has 0 aromatic heterocycles. The Morgan fingerprint density at radius 2 is 1.56 bits per heavy atom.